The second-order valence-electron chi connectivity index (χ2n) is 3.78. The first-order valence-electron chi connectivity index (χ1n) is 5.54. The summed E-state index contributed by atoms with van der Waals surface area (Å²) in [5.41, 5.74) is 6.36. The largest absolute Gasteiger partial charge is 0.491 e. The van der Waals surface area contributed by atoms with Crippen LogP contribution in [0.1, 0.15) is 0 Å². The molecule has 0 aliphatic heterocycles. The Hall–Kier alpha value is -1.78. The van der Waals surface area contributed by atoms with Crippen LogP contribution in [-0.2, 0) is 0 Å². The number of benzene rings is 1. The van der Waals surface area contributed by atoms with Crippen molar-refractivity contribution in [1.29, 1.82) is 0 Å². The molecule has 4 nitrogen and oxygen atoms in total. The number of nitrogens with zero attached hydrogens (tertiary/aromatic N) is 1. The highest BCUT2D eigenvalue weighted by Gasteiger charge is 2.02. The quantitative estimate of drug-likeness (QED) is 0.813. The maximum Gasteiger partial charge on any atom is 0.119 e. The fraction of sp³-hybridized carbons (Fsp3) is 0.231. The van der Waals surface area contributed by atoms with Crippen molar-refractivity contribution < 1.29 is 9.84 Å². The summed E-state index contributed by atoms with van der Waals surface area (Å²) in [5.74, 6) is 0.730. The highest BCUT2D eigenvalue weighted by atomic mass is 16.5. The molecule has 0 saturated heterocycles. The zero-order chi connectivity index (χ0) is 12.1. The summed E-state index contributed by atoms with van der Waals surface area (Å²) in [6.45, 7) is 0.431. The van der Waals surface area contributed by atoms with Gasteiger partial charge in [0.15, 0.2) is 0 Å². The molecule has 0 saturated carbocycles. The van der Waals surface area contributed by atoms with E-state index in [0.717, 1.165) is 11.4 Å². The molecular formula is C13H16N2O2. The van der Waals surface area contributed by atoms with Crippen LogP contribution in [0.2, 0.25) is 0 Å². The van der Waals surface area contributed by atoms with Gasteiger partial charge >= 0.3 is 0 Å². The van der Waals surface area contributed by atoms with Crippen molar-refractivity contribution in [3.8, 4) is 11.4 Å². The first-order valence-corrected chi connectivity index (χ1v) is 5.54. The van der Waals surface area contributed by atoms with Crippen LogP contribution in [0, 0.1) is 0 Å². The first kappa shape index (κ1) is 11.7. The van der Waals surface area contributed by atoms with Gasteiger partial charge in [-0.15, -0.1) is 0 Å². The van der Waals surface area contributed by atoms with Gasteiger partial charge in [0.1, 0.15) is 18.5 Å². The molecule has 3 N–H and O–H groups in total. The highest BCUT2D eigenvalue weighted by molar-refractivity contribution is 5.37. The normalized spacial score (nSPS) is 12.4. The summed E-state index contributed by atoms with van der Waals surface area (Å²) in [5, 5.41) is 9.27. The monoisotopic (exact) mass is 232 g/mol. The van der Waals surface area contributed by atoms with Crippen LogP contribution in [0.3, 0.4) is 0 Å². The van der Waals surface area contributed by atoms with Gasteiger partial charge < -0.3 is 20.1 Å². The molecule has 1 heterocycles. The highest BCUT2D eigenvalue weighted by Crippen LogP contribution is 2.15. The molecule has 2 rings (SSSR count). The molecule has 90 valence electrons. The summed E-state index contributed by atoms with van der Waals surface area (Å²) in [6.07, 6.45) is 3.35. The molecule has 0 radical (unpaired) electrons. The average Bonchev–Trinajstić information content (AvgIpc) is 2.90. The number of rotatable bonds is 5. The minimum Gasteiger partial charge on any atom is -0.491 e. The number of hydrogen-bond donors (Lipinski definition) is 2. The van der Waals surface area contributed by atoms with E-state index >= 15 is 0 Å². The lowest BCUT2D eigenvalue weighted by molar-refractivity contribution is 0.114. The zero-order valence-corrected chi connectivity index (χ0v) is 9.49. The molecule has 0 aliphatic carbocycles. The number of aromatic nitrogens is 1. The lowest BCUT2D eigenvalue weighted by Crippen LogP contribution is -2.26. The third-order valence-corrected chi connectivity index (χ3v) is 2.45. The Morgan fingerprint density at radius 1 is 1.18 bits per heavy atom. The predicted octanol–water partition coefficient (Wildman–Crippen LogP) is 1.18. The van der Waals surface area contributed by atoms with E-state index in [-0.39, 0.29) is 13.2 Å². The maximum atomic E-state index is 9.27. The number of hydrogen-bond acceptors (Lipinski definition) is 3. The van der Waals surface area contributed by atoms with Crippen LogP contribution in [0.25, 0.3) is 5.69 Å². The van der Waals surface area contributed by atoms with Gasteiger partial charge in [0.2, 0.25) is 0 Å². The van der Waals surface area contributed by atoms with Gasteiger partial charge in [0.05, 0.1) is 0 Å². The lowest BCUT2D eigenvalue weighted by Gasteiger charge is -2.10. The van der Waals surface area contributed by atoms with Gasteiger partial charge in [-0.1, -0.05) is 0 Å². The Morgan fingerprint density at radius 2 is 1.82 bits per heavy atom. The van der Waals surface area contributed by atoms with Gasteiger partial charge in [-0.3, -0.25) is 0 Å². The summed E-state index contributed by atoms with van der Waals surface area (Å²) in [4.78, 5) is 0. The van der Waals surface area contributed by atoms with Crippen molar-refractivity contribution in [1.82, 2.24) is 4.57 Å². The molecule has 2 aromatic rings. The van der Waals surface area contributed by atoms with Gasteiger partial charge in [-0.25, -0.2) is 0 Å². The Labute approximate surface area is 100 Å². The molecule has 0 aliphatic rings. The third kappa shape index (κ3) is 3.09. The second-order valence-corrected chi connectivity index (χ2v) is 3.78. The van der Waals surface area contributed by atoms with Gasteiger partial charge in [0, 0.05) is 24.6 Å². The van der Waals surface area contributed by atoms with Crippen LogP contribution in [-0.4, -0.2) is 28.9 Å². The molecule has 4 heteroatoms. The molecular weight excluding hydrogens is 216 g/mol. The van der Waals surface area contributed by atoms with Gasteiger partial charge in [0.25, 0.3) is 0 Å². The number of ether oxygens (including phenoxy) is 1. The van der Waals surface area contributed by atoms with Gasteiger partial charge in [-0.2, -0.15) is 0 Å². The topological polar surface area (TPSA) is 60.4 Å². The van der Waals surface area contributed by atoms with E-state index in [9.17, 15) is 5.11 Å². The van der Waals surface area contributed by atoms with E-state index in [0.29, 0.717) is 0 Å². The molecule has 1 atom stereocenters. The van der Waals surface area contributed by atoms with Crippen molar-refractivity contribution in [2.75, 3.05) is 13.2 Å². The zero-order valence-electron chi connectivity index (χ0n) is 9.49. The van der Waals surface area contributed by atoms with Crippen molar-refractivity contribution >= 4 is 0 Å². The summed E-state index contributed by atoms with van der Waals surface area (Å²) in [7, 11) is 0. The third-order valence-electron chi connectivity index (χ3n) is 2.45. The van der Waals surface area contributed by atoms with Crippen LogP contribution in [0.4, 0.5) is 0 Å². The standard InChI is InChI=1S/C13H16N2O2/c14-9-12(16)10-17-13-5-3-11(4-6-13)15-7-1-2-8-15/h1-8,12,16H,9-10,14H2. The molecule has 0 fully saturated rings. The summed E-state index contributed by atoms with van der Waals surface area (Å²) >= 11 is 0. The maximum absolute atomic E-state index is 9.27. The van der Waals surface area contributed by atoms with Crippen LogP contribution in [0.15, 0.2) is 48.8 Å². The van der Waals surface area contributed by atoms with E-state index in [1.165, 1.54) is 0 Å². The van der Waals surface area contributed by atoms with Crippen LogP contribution < -0.4 is 10.5 Å². The Kier molecular flexibility index (Phi) is 3.80. The van der Waals surface area contributed by atoms with Crippen molar-refractivity contribution in [3.63, 3.8) is 0 Å². The molecule has 0 bridgehead atoms. The Balaban J connectivity index is 1.99. The van der Waals surface area contributed by atoms with Crippen molar-refractivity contribution in [2.24, 2.45) is 5.73 Å². The first-order chi connectivity index (χ1) is 8.29. The number of aliphatic hydroxyl groups excluding tert-OH is 1. The molecule has 1 aromatic heterocycles. The SMILES string of the molecule is NCC(O)COc1ccc(-n2cccc2)cc1. The number of nitrogens with two attached hydrogens (primary N) is 1. The molecule has 0 amide bonds. The van der Waals surface area contributed by atoms with E-state index in [1.54, 1.807) is 0 Å². The minimum atomic E-state index is -0.612. The predicted molar refractivity (Wildman–Crippen MR) is 66.3 cm³/mol. The Morgan fingerprint density at radius 3 is 2.41 bits per heavy atom. The smallest absolute Gasteiger partial charge is 0.119 e. The molecule has 17 heavy (non-hydrogen) atoms. The Bertz CT molecular complexity index is 437. The summed E-state index contributed by atoms with van der Waals surface area (Å²) < 4.78 is 7.40. The van der Waals surface area contributed by atoms with Crippen molar-refractivity contribution in [3.05, 3.63) is 48.8 Å². The fourth-order valence-corrected chi connectivity index (χ4v) is 1.48. The van der Waals surface area contributed by atoms with E-state index in [4.69, 9.17) is 10.5 Å². The van der Waals surface area contributed by atoms with Crippen LogP contribution in [0.5, 0.6) is 5.75 Å². The van der Waals surface area contributed by atoms with Gasteiger partial charge in [-0.05, 0) is 36.4 Å². The molecule has 1 aromatic carbocycles. The molecule has 0 spiro atoms. The summed E-state index contributed by atoms with van der Waals surface area (Å²) in [6, 6.07) is 11.6. The van der Waals surface area contributed by atoms with Crippen molar-refractivity contribution in [2.45, 2.75) is 6.10 Å². The fourth-order valence-electron chi connectivity index (χ4n) is 1.48. The van der Waals surface area contributed by atoms with E-state index in [1.807, 2.05) is 53.4 Å². The lowest BCUT2D eigenvalue weighted by atomic mass is 10.3. The number of aliphatic hydroxyl groups is 1. The van der Waals surface area contributed by atoms with E-state index < -0.39 is 6.10 Å². The van der Waals surface area contributed by atoms with E-state index in [2.05, 4.69) is 0 Å². The minimum absolute atomic E-state index is 0.210. The molecule has 1 unspecified atom stereocenters. The van der Waals surface area contributed by atoms with Crippen LogP contribution >= 0.6 is 0 Å². The second kappa shape index (κ2) is 5.52. The average molecular weight is 232 g/mol.